The van der Waals surface area contributed by atoms with Gasteiger partial charge in [0.25, 0.3) is 0 Å². The van der Waals surface area contributed by atoms with E-state index in [1.54, 1.807) is 0 Å². The third kappa shape index (κ3) is 2.75. The lowest BCUT2D eigenvalue weighted by atomic mass is 9.89. The Morgan fingerprint density at radius 1 is 0.750 bits per heavy atom. The molecule has 3 aromatic rings. The van der Waals surface area contributed by atoms with Crippen molar-refractivity contribution in [2.45, 2.75) is 25.7 Å². The van der Waals surface area contributed by atoms with E-state index in [0.29, 0.717) is 5.92 Å². The van der Waals surface area contributed by atoms with Crippen molar-refractivity contribution in [3.63, 3.8) is 0 Å². The Balaban J connectivity index is 1.91. The lowest BCUT2D eigenvalue weighted by Gasteiger charge is -2.16. The van der Waals surface area contributed by atoms with Crippen molar-refractivity contribution in [3.8, 4) is 0 Å². The number of hydrogen-bond acceptors (Lipinski definition) is 0. The van der Waals surface area contributed by atoms with Crippen molar-refractivity contribution < 1.29 is 0 Å². The SMILES string of the molecule is CCC(Cc1ccccc1)c1ccc2ccccc2c1. The van der Waals surface area contributed by atoms with Gasteiger partial charge >= 0.3 is 0 Å². The predicted octanol–water partition coefficient (Wildman–Crippen LogP) is 5.58. The molecule has 1 unspecified atom stereocenters. The molecule has 0 saturated heterocycles. The van der Waals surface area contributed by atoms with Gasteiger partial charge < -0.3 is 0 Å². The first-order chi connectivity index (χ1) is 9.86. The summed E-state index contributed by atoms with van der Waals surface area (Å²) in [5.41, 5.74) is 2.88. The van der Waals surface area contributed by atoms with Crippen LogP contribution in [-0.4, -0.2) is 0 Å². The Labute approximate surface area is 121 Å². The number of rotatable bonds is 4. The molecule has 0 heteroatoms. The Hall–Kier alpha value is -2.08. The van der Waals surface area contributed by atoms with Crippen LogP contribution in [0.25, 0.3) is 10.8 Å². The number of fused-ring (bicyclic) bond motifs is 1. The molecule has 0 N–H and O–H groups in total. The van der Waals surface area contributed by atoms with Crippen LogP contribution < -0.4 is 0 Å². The number of benzene rings is 3. The monoisotopic (exact) mass is 260 g/mol. The smallest absolute Gasteiger partial charge is 0.0124 e. The molecule has 3 rings (SSSR count). The van der Waals surface area contributed by atoms with Crippen molar-refractivity contribution in [2.75, 3.05) is 0 Å². The van der Waals surface area contributed by atoms with Crippen molar-refractivity contribution >= 4 is 10.8 Å². The lowest BCUT2D eigenvalue weighted by molar-refractivity contribution is 0.661. The summed E-state index contributed by atoms with van der Waals surface area (Å²) in [5.74, 6) is 0.599. The second kappa shape index (κ2) is 5.92. The molecule has 0 saturated carbocycles. The minimum atomic E-state index is 0.599. The van der Waals surface area contributed by atoms with Crippen molar-refractivity contribution in [1.29, 1.82) is 0 Å². The fourth-order valence-electron chi connectivity index (χ4n) is 2.86. The zero-order valence-corrected chi connectivity index (χ0v) is 11.9. The molecule has 0 heterocycles. The summed E-state index contributed by atoms with van der Waals surface area (Å²) in [5, 5.41) is 2.67. The second-order valence-corrected chi connectivity index (χ2v) is 5.40. The summed E-state index contributed by atoms with van der Waals surface area (Å²) in [6.07, 6.45) is 2.29. The van der Waals surface area contributed by atoms with E-state index in [1.165, 1.54) is 28.3 Å². The highest BCUT2D eigenvalue weighted by molar-refractivity contribution is 5.83. The molecule has 0 aliphatic rings. The molecule has 20 heavy (non-hydrogen) atoms. The van der Waals surface area contributed by atoms with E-state index >= 15 is 0 Å². The fourth-order valence-corrected chi connectivity index (χ4v) is 2.86. The molecular formula is C20H20. The van der Waals surface area contributed by atoms with Gasteiger partial charge in [-0.1, -0.05) is 79.7 Å². The largest absolute Gasteiger partial charge is 0.0648 e. The van der Waals surface area contributed by atoms with Crippen molar-refractivity contribution in [1.82, 2.24) is 0 Å². The van der Waals surface area contributed by atoms with E-state index < -0.39 is 0 Å². The Bertz CT molecular complexity index is 682. The second-order valence-electron chi connectivity index (χ2n) is 5.40. The van der Waals surface area contributed by atoms with Gasteiger partial charge in [0.1, 0.15) is 0 Å². The van der Waals surface area contributed by atoms with Gasteiger partial charge in [0.15, 0.2) is 0 Å². The first kappa shape index (κ1) is 12.9. The van der Waals surface area contributed by atoms with Gasteiger partial charge in [-0.2, -0.15) is 0 Å². The Morgan fingerprint density at radius 3 is 2.20 bits per heavy atom. The van der Waals surface area contributed by atoms with Crippen LogP contribution in [0, 0.1) is 0 Å². The molecule has 1 atom stereocenters. The molecule has 0 radical (unpaired) electrons. The molecule has 0 nitrogen and oxygen atoms in total. The van der Waals surface area contributed by atoms with Gasteiger partial charge in [-0.15, -0.1) is 0 Å². The zero-order valence-electron chi connectivity index (χ0n) is 11.9. The van der Waals surface area contributed by atoms with Crippen LogP contribution in [0.4, 0.5) is 0 Å². The highest BCUT2D eigenvalue weighted by atomic mass is 14.1. The highest BCUT2D eigenvalue weighted by Crippen LogP contribution is 2.27. The molecule has 0 amide bonds. The third-order valence-electron chi connectivity index (χ3n) is 4.06. The van der Waals surface area contributed by atoms with Crippen molar-refractivity contribution in [2.24, 2.45) is 0 Å². The molecular weight excluding hydrogens is 240 g/mol. The van der Waals surface area contributed by atoms with Crippen LogP contribution in [0.3, 0.4) is 0 Å². The standard InChI is InChI=1S/C20H20/c1-2-17(14-16-8-4-3-5-9-16)20-13-12-18-10-6-7-11-19(18)15-20/h3-13,15,17H,2,14H2,1H3. The van der Waals surface area contributed by atoms with Gasteiger partial charge in [0.05, 0.1) is 0 Å². The van der Waals surface area contributed by atoms with E-state index in [9.17, 15) is 0 Å². The van der Waals surface area contributed by atoms with Crippen molar-refractivity contribution in [3.05, 3.63) is 83.9 Å². The molecule has 100 valence electrons. The average molecular weight is 260 g/mol. The predicted molar refractivity (Wildman–Crippen MR) is 87.1 cm³/mol. The highest BCUT2D eigenvalue weighted by Gasteiger charge is 2.10. The summed E-state index contributed by atoms with van der Waals surface area (Å²) in [4.78, 5) is 0. The topological polar surface area (TPSA) is 0 Å². The van der Waals surface area contributed by atoms with Crippen LogP contribution in [0.15, 0.2) is 72.8 Å². The molecule has 0 aliphatic heterocycles. The molecule has 0 aliphatic carbocycles. The first-order valence-corrected chi connectivity index (χ1v) is 7.39. The summed E-state index contributed by atoms with van der Waals surface area (Å²) in [6, 6.07) is 26.3. The van der Waals surface area contributed by atoms with E-state index in [0.717, 1.165) is 6.42 Å². The Kier molecular flexibility index (Phi) is 3.83. The van der Waals surface area contributed by atoms with Gasteiger partial charge in [0.2, 0.25) is 0 Å². The number of hydrogen-bond donors (Lipinski definition) is 0. The summed E-state index contributed by atoms with van der Waals surface area (Å²) in [6.45, 7) is 2.28. The van der Waals surface area contributed by atoms with E-state index in [-0.39, 0.29) is 0 Å². The fraction of sp³-hybridized carbons (Fsp3) is 0.200. The van der Waals surface area contributed by atoms with E-state index in [2.05, 4.69) is 79.7 Å². The van der Waals surface area contributed by atoms with E-state index in [1.807, 2.05) is 0 Å². The maximum atomic E-state index is 2.35. The summed E-state index contributed by atoms with van der Waals surface area (Å²) < 4.78 is 0. The van der Waals surface area contributed by atoms with Crippen LogP contribution in [0.5, 0.6) is 0 Å². The average Bonchev–Trinajstić information content (AvgIpc) is 2.53. The molecule has 0 spiro atoms. The Morgan fingerprint density at radius 2 is 1.45 bits per heavy atom. The van der Waals surface area contributed by atoms with Gasteiger partial charge in [-0.25, -0.2) is 0 Å². The van der Waals surface area contributed by atoms with Gasteiger partial charge in [-0.3, -0.25) is 0 Å². The quantitative estimate of drug-likeness (QED) is 0.574. The van der Waals surface area contributed by atoms with Gasteiger partial charge in [0, 0.05) is 0 Å². The molecule has 0 fully saturated rings. The zero-order chi connectivity index (χ0) is 13.8. The maximum absolute atomic E-state index is 2.35. The minimum absolute atomic E-state index is 0.599. The minimum Gasteiger partial charge on any atom is -0.0648 e. The summed E-state index contributed by atoms with van der Waals surface area (Å²) in [7, 11) is 0. The third-order valence-corrected chi connectivity index (χ3v) is 4.06. The van der Waals surface area contributed by atoms with Crippen LogP contribution in [0.2, 0.25) is 0 Å². The summed E-state index contributed by atoms with van der Waals surface area (Å²) >= 11 is 0. The van der Waals surface area contributed by atoms with Crippen LogP contribution >= 0.6 is 0 Å². The normalized spacial score (nSPS) is 12.4. The van der Waals surface area contributed by atoms with Crippen LogP contribution in [0.1, 0.15) is 30.4 Å². The molecule has 3 aromatic carbocycles. The maximum Gasteiger partial charge on any atom is -0.0124 e. The lowest BCUT2D eigenvalue weighted by Crippen LogP contribution is -2.01. The van der Waals surface area contributed by atoms with E-state index in [4.69, 9.17) is 0 Å². The molecule has 0 aromatic heterocycles. The van der Waals surface area contributed by atoms with Crippen LogP contribution in [-0.2, 0) is 6.42 Å². The first-order valence-electron chi connectivity index (χ1n) is 7.39. The van der Waals surface area contributed by atoms with Gasteiger partial charge in [-0.05, 0) is 40.7 Å². The molecule has 0 bridgehead atoms.